The van der Waals surface area contributed by atoms with Crippen LogP contribution < -0.4 is 4.90 Å². The van der Waals surface area contributed by atoms with Gasteiger partial charge in [-0.3, -0.25) is 9.78 Å². The molecular weight excluding hydrogens is 531 g/mol. The van der Waals surface area contributed by atoms with Gasteiger partial charge in [-0.1, -0.05) is 13.0 Å². The molecule has 0 radical (unpaired) electrons. The summed E-state index contributed by atoms with van der Waals surface area (Å²) >= 11 is 0. The third kappa shape index (κ3) is 5.02. The van der Waals surface area contributed by atoms with Crippen molar-refractivity contribution in [1.82, 2.24) is 9.97 Å². The molecule has 6 nitrogen and oxygen atoms in total. The number of fused-ring (bicyclic) bond motifs is 1. The molecule has 1 amide bonds. The molecular formula is C23H16F7N3O3S. The van der Waals surface area contributed by atoms with Gasteiger partial charge in [0.1, 0.15) is 11.5 Å². The number of carbonyl (C=O) groups excluding carboxylic acids is 1. The van der Waals surface area contributed by atoms with Crippen LogP contribution in [0, 0.1) is 5.82 Å². The molecule has 2 aromatic heterocycles. The topological polar surface area (TPSA) is 80.2 Å². The number of anilines is 1. The Morgan fingerprint density at radius 1 is 0.973 bits per heavy atom. The highest BCUT2D eigenvalue weighted by Crippen LogP contribution is 2.37. The van der Waals surface area contributed by atoms with Crippen LogP contribution in [0.4, 0.5) is 36.4 Å². The van der Waals surface area contributed by atoms with Gasteiger partial charge in [-0.25, -0.2) is 17.8 Å². The van der Waals surface area contributed by atoms with Crippen LogP contribution >= 0.6 is 0 Å². The zero-order valence-corrected chi connectivity index (χ0v) is 19.6. The zero-order valence-electron chi connectivity index (χ0n) is 18.8. The highest BCUT2D eigenvalue weighted by atomic mass is 32.2. The molecule has 0 bridgehead atoms. The van der Waals surface area contributed by atoms with E-state index >= 15 is 0 Å². The minimum Gasteiger partial charge on any atom is -0.305 e. The van der Waals surface area contributed by atoms with Crippen molar-refractivity contribution in [2.45, 2.75) is 30.6 Å². The number of pyridine rings is 2. The van der Waals surface area contributed by atoms with Gasteiger partial charge in [0.15, 0.2) is 9.84 Å². The molecule has 0 saturated heterocycles. The average molecular weight is 547 g/mol. The quantitative estimate of drug-likeness (QED) is 0.414. The first kappa shape index (κ1) is 26.5. The zero-order chi connectivity index (χ0) is 27.3. The number of alkyl halides is 6. The lowest BCUT2D eigenvalue weighted by atomic mass is 10.0. The Morgan fingerprint density at radius 3 is 2.24 bits per heavy atom. The number of amides is 1. The Bertz CT molecular complexity index is 1500. The van der Waals surface area contributed by atoms with Crippen molar-refractivity contribution < 1.29 is 43.9 Å². The Morgan fingerprint density at radius 2 is 1.65 bits per heavy atom. The minimum absolute atomic E-state index is 0.0922. The van der Waals surface area contributed by atoms with Crippen molar-refractivity contribution in [3.8, 4) is 11.1 Å². The second-order valence-electron chi connectivity index (χ2n) is 8.06. The second kappa shape index (κ2) is 9.08. The van der Waals surface area contributed by atoms with E-state index < -0.39 is 66.9 Å². The molecule has 3 aromatic rings. The first-order chi connectivity index (χ1) is 17.1. The third-order valence-corrected chi connectivity index (χ3v) is 7.50. The highest BCUT2D eigenvalue weighted by molar-refractivity contribution is 7.91. The normalized spacial score (nSPS) is 14.1. The fraction of sp³-hybridized carbons (Fsp3) is 0.261. The summed E-state index contributed by atoms with van der Waals surface area (Å²) in [6, 6.07) is 3.30. The van der Waals surface area contributed by atoms with Crippen molar-refractivity contribution in [2.24, 2.45) is 0 Å². The lowest BCUT2D eigenvalue weighted by Crippen LogP contribution is -2.31. The number of nitrogens with zero attached hydrogens (tertiary/aromatic N) is 3. The van der Waals surface area contributed by atoms with Gasteiger partial charge in [-0.15, -0.1) is 0 Å². The summed E-state index contributed by atoms with van der Waals surface area (Å²) in [6.07, 6.45) is -7.89. The summed E-state index contributed by atoms with van der Waals surface area (Å²) in [6.45, 7) is 1.17. The highest BCUT2D eigenvalue weighted by Gasteiger charge is 2.37. The van der Waals surface area contributed by atoms with Gasteiger partial charge in [0.2, 0.25) is 0 Å². The van der Waals surface area contributed by atoms with E-state index in [-0.39, 0.29) is 36.0 Å². The maximum absolute atomic E-state index is 14.5. The molecule has 0 spiro atoms. The number of hydrogen-bond acceptors (Lipinski definition) is 5. The molecule has 0 fully saturated rings. The summed E-state index contributed by atoms with van der Waals surface area (Å²) < 4.78 is 118. The number of aromatic nitrogens is 2. The van der Waals surface area contributed by atoms with Crippen LogP contribution in [0.15, 0.2) is 47.6 Å². The maximum Gasteiger partial charge on any atom is 0.417 e. The fourth-order valence-corrected chi connectivity index (χ4v) is 4.86. The van der Waals surface area contributed by atoms with E-state index in [0.29, 0.717) is 12.3 Å². The monoisotopic (exact) mass is 547 g/mol. The summed E-state index contributed by atoms with van der Waals surface area (Å²) in [7, 11) is -4.20. The van der Waals surface area contributed by atoms with Gasteiger partial charge in [0.25, 0.3) is 5.91 Å². The van der Waals surface area contributed by atoms with Crippen molar-refractivity contribution in [1.29, 1.82) is 0 Å². The molecule has 0 N–H and O–H groups in total. The number of rotatable bonds is 4. The average Bonchev–Trinajstić information content (AvgIpc) is 3.25. The lowest BCUT2D eigenvalue weighted by molar-refractivity contribution is -0.138. The van der Waals surface area contributed by atoms with Crippen LogP contribution in [0.2, 0.25) is 0 Å². The van der Waals surface area contributed by atoms with Crippen LogP contribution in [0.25, 0.3) is 11.1 Å². The molecule has 3 heterocycles. The Kier molecular flexibility index (Phi) is 6.51. The molecule has 0 aliphatic carbocycles. The van der Waals surface area contributed by atoms with E-state index in [0.717, 1.165) is 29.3 Å². The summed E-state index contributed by atoms with van der Waals surface area (Å²) in [5.41, 5.74) is -3.54. The number of sulfone groups is 1. The summed E-state index contributed by atoms with van der Waals surface area (Å²) in [5, 5.41) is 0. The van der Waals surface area contributed by atoms with Crippen LogP contribution in [0.5, 0.6) is 0 Å². The van der Waals surface area contributed by atoms with Crippen LogP contribution in [0.1, 0.15) is 34.2 Å². The van der Waals surface area contributed by atoms with Crippen molar-refractivity contribution >= 4 is 21.4 Å². The third-order valence-electron chi connectivity index (χ3n) is 5.76. The number of benzene rings is 1. The van der Waals surface area contributed by atoms with Gasteiger partial charge in [-0.05, 0) is 24.3 Å². The standard InChI is InChI=1S/C23H16F7N3O3S/c1-2-37(35,36)19-7-12(15-4-3-13(8-16(15)24)22(25,26)27)10-32-20(19)21(34)33-6-5-17-18(33)9-14(11-31-17)23(28,29)30/h3-4,7-11H,2,5-6H2,1H3. The lowest BCUT2D eigenvalue weighted by Gasteiger charge is -2.20. The van der Waals surface area contributed by atoms with Crippen molar-refractivity contribution in [3.63, 3.8) is 0 Å². The van der Waals surface area contributed by atoms with Gasteiger partial charge < -0.3 is 4.90 Å². The molecule has 14 heteroatoms. The van der Waals surface area contributed by atoms with Crippen LogP contribution in [0.3, 0.4) is 0 Å². The van der Waals surface area contributed by atoms with E-state index in [1.807, 2.05) is 0 Å². The molecule has 0 unspecified atom stereocenters. The van der Waals surface area contributed by atoms with E-state index in [1.165, 1.54) is 6.92 Å². The van der Waals surface area contributed by atoms with Gasteiger partial charge >= 0.3 is 12.4 Å². The number of hydrogen-bond donors (Lipinski definition) is 0. The second-order valence-corrected chi connectivity index (χ2v) is 10.3. The Hall–Kier alpha value is -3.55. The largest absolute Gasteiger partial charge is 0.417 e. The summed E-state index contributed by atoms with van der Waals surface area (Å²) in [4.78, 5) is 21.2. The van der Waals surface area contributed by atoms with Crippen LogP contribution in [-0.2, 0) is 28.6 Å². The predicted molar refractivity (Wildman–Crippen MR) is 117 cm³/mol. The number of carbonyl (C=O) groups is 1. The fourth-order valence-electron chi connectivity index (χ4n) is 3.81. The van der Waals surface area contributed by atoms with E-state index in [2.05, 4.69) is 9.97 Å². The molecule has 1 aliphatic heterocycles. The smallest absolute Gasteiger partial charge is 0.305 e. The van der Waals surface area contributed by atoms with E-state index in [4.69, 9.17) is 0 Å². The molecule has 1 aromatic carbocycles. The maximum atomic E-state index is 14.5. The first-order valence-electron chi connectivity index (χ1n) is 10.6. The Balaban J connectivity index is 1.80. The minimum atomic E-state index is -4.81. The molecule has 1 aliphatic rings. The van der Waals surface area contributed by atoms with Crippen molar-refractivity contribution in [2.75, 3.05) is 17.2 Å². The first-order valence-corrected chi connectivity index (χ1v) is 12.3. The summed E-state index contributed by atoms with van der Waals surface area (Å²) in [5.74, 6) is -2.83. The molecule has 4 rings (SSSR count). The molecule has 196 valence electrons. The SMILES string of the molecule is CCS(=O)(=O)c1cc(-c2ccc(C(F)(F)F)cc2F)cnc1C(=O)N1CCc2ncc(C(F)(F)F)cc21. The van der Waals surface area contributed by atoms with Crippen LogP contribution in [-0.4, -0.2) is 36.6 Å². The van der Waals surface area contributed by atoms with Gasteiger partial charge in [0.05, 0.1) is 33.2 Å². The molecule has 0 atom stereocenters. The molecule has 0 saturated carbocycles. The van der Waals surface area contributed by atoms with E-state index in [9.17, 15) is 43.9 Å². The van der Waals surface area contributed by atoms with E-state index in [1.54, 1.807) is 0 Å². The van der Waals surface area contributed by atoms with Gasteiger partial charge in [-0.2, -0.15) is 26.3 Å². The molecule has 37 heavy (non-hydrogen) atoms. The number of halogens is 7. The van der Waals surface area contributed by atoms with Crippen molar-refractivity contribution in [3.05, 3.63) is 71.1 Å². The van der Waals surface area contributed by atoms with Gasteiger partial charge in [0, 0.05) is 36.5 Å². The predicted octanol–water partition coefficient (Wildman–Crippen LogP) is 5.32. The Labute approximate surface area is 205 Å².